The molecule has 1 heterocycles. The zero-order valence-corrected chi connectivity index (χ0v) is 15.4. The van der Waals surface area contributed by atoms with Crippen LogP contribution in [0.3, 0.4) is 0 Å². The van der Waals surface area contributed by atoms with Crippen LogP contribution in [0.15, 0.2) is 40.9 Å². The number of hydrogen-bond donors (Lipinski definition) is 2. The lowest BCUT2D eigenvalue weighted by atomic mass is 10.2. The van der Waals surface area contributed by atoms with Crippen LogP contribution < -0.4 is 5.32 Å². The van der Waals surface area contributed by atoms with Crippen LogP contribution >= 0.6 is 11.3 Å². The number of carbonyl (C=O) groups is 2. The summed E-state index contributed by atoms with van der Waals surface area (Å²) in [7, 11) is 0. The molecule has 138 valence electrons. The highest BCUT2D eigenvalue weighted by molar-refractivity contribution is 7.14. The zero-order chi connectivity index (χ0) is 19.2. The van der Waals surface area contributed by atoms with E-state index in [4.69, 9.17) is 9.57 Å². The smallest absolute Gasteiger partial charge is 0.413 e. The Labute approximate surface area is 154 Å². The molecule has 26 heavy (non-hydrogen) atoms. The topological polar surface area (TPSA) is 110 Å². The van der Waals surface area contributed by atoms with Crippen molar-refractivity contribution in [3.63, 3.8) is 0 Å². The molecule has 0 saturated heterocycles. The summed E-state index contributed by atoms with van der Waals surface area (Å²) in [5, 5.41) is 17.1. The molecule has 2 aromatic rings. The summed E-state index contributed by atoms with van der Waals surface area (Å²) >= 11 is 1.06. The van der Waals surface area contributed by atoms with Gasteiger partial charge in [0, 0.05) is 5.38 Å². The summed E-state index contributed by atoms with van der Waals surface area (Å²) in [5.41, 5.74) is -0.0639. The average molecular weight is 379 g/mol. The van der Waals surface area contributed by atoms with Gasteiger partial charge in [0.15, 0.2) is 5.13 Å². The minimum absolute atomic E-state index is 0.0848. The number of hydrogen-bond acceptors (Lipinski definition) is 7. The summed E-state index contributed by atoms with van der Waals surface area (Å²) in [6, 6.07) is 9.22. The zero-order valence-electron chi connectivity index (χ0n) is 14.6. The fraction of sp³-hybridized carbons (Fsp3) is 0.294. The summed E-state index contributed by atoms with van der Waals surface area (Å²) in [6.45, 7) is 5.34. The first-order valence-electron chi connectivity index (χ1n) is 7.67. The maximum Gasteiger partial charge on any atom is 0.413 e. The molecular weight excluding hydrogens is 360 g/mol. The number of rotatable bonds is 6. The van der Waals surface area contributed by atoms with Gasteiger partial charge in [-0.3, -0.25) is 5.32 Å². The number of benzene rings is 1. The third-order valence-corrected chi connectivity index (χ3v) is 3.54. The Bertz CT molecular complexity index is 796. The van der Waals surface area contributed by atoms with Crippen LogP contribution in [0.25, 0.3) is 0 Å². The minimum atomic E-state index is -1.29. The van der Waals surface area contributed by atoms with Crippen LogP contribution in [0.1, 0.15) is 32.0 Å². The Balaban J connectivity index is 2.04. The Kier molecular flexibility index (Phi) is 6.29. The number of nitrogens with one attached hydrogen (secondary N) is 1. The lowest BCUT2D eigenvalue weighted by molar-refractivity contribution is -0.129. The number of carboxylic acid groups (broad SMARTS) is 1. The van der Waals surface area contributed by atoms with Crippen molar-refractivity contribution in [2.75, 3.05) is 5.32 Å². The number of oxime groups is 1. The van der Waals surface area contributed by atoms with Gasteiger partial charge in [-0.1, -0.05) is 35.5 Å². The van der Waals surface area contributed by atoms with Crippen LogP contribution in [0.4, 0.5) is 9.93 Å². The molecule has 0 unspecified atom stereocenters. The number of carboxylic acids is 1. The number of amides is 1. The van der Waals surface area contributed by atoms with E-state index in [1.54, 1.807) is 20.8 Å². The lowest BCUT2D eigenvalue weighted by Crippen LogP contribution is -2.27. The van der Waals surface area contributed by atoms with Gasteiger partial charge in [0.05, 0.1) is 0 Å². The summed E-state index contributed by atoms with van der Waals surface area (Å²) in [6.07, 6.45) is -0.674. The third kappa shape index (κ3) is 6.17. The van der Waals surface area contributed by atoms with Crippen molar-refractivity contribution in [1.29, 1.82) is 0 Å². The van der Waals surface area contributed by atoms with Gasteiger partial charge in [0.2, 0.25) is 5.71 Å². The van der Waals surface area contributed by atoms with E-state index in [2.05, 4.69) is 15.5 Å². The highest BCUT2D eigenvalue weighted by Crippen LogP contribution is 2.18. The number of thiazole rings is 1. The van der Waals surface area contributed by atoms with Crippen molar-refractivity contribution in [3.8, 4) is 0 Å². The van der Waals surface area contributed by atoms with Gasteiger partial charge in [0.25, 0.3) is 0 Å². The molecule has 2 N–H and O–H groups in total. The molecule has 0 saturated carbocycles. The second-order valence-electron chi connectivity index (χ2n) is 6.17. The van der Waals surface area contributed by atoms with E-state index in [0.29, 0.717) is 0 Å². The summed E-state index contributed by atoms with van der Waals surface area (Å²) in [5.74, 6) is -1.29. The number of aliphatic carboxylic acids is 1. The number of ether oxygens (including phenoxy) is 1. The van der Waals surface area contributed by atoms with E-state index in [-0.39, 0.29) is 23.1 Å². The fourth-order valence-corrected chi connectivity index (χ4v) is 2.45. The first-order valence-corrected chi connectivity index (χ1v) is 8.55. The molecule has 9 heteroatoms. The first-order chi connectivity index (χ1) is 12.2. The Morgan fingerprint density at radius 1 is 1.31 bits per heavy atom. The Morgan fingerprint density at radius 2 is 2.00 bits per heavy atom. The van der Waals surface area contributed by atoms with Crippen molar-refractivity contribution >= 4 is 34.2 Å². The SMILES string of the molecule is CC(C)(C)OC(=O)N[14c]1nc(/C(=N/OCc2ccccc2)C(=O)O)cs1. The second-order valence-corrected chi connectivity index (χ2v) is 7.03. The van der Waals surface area contributed by atoms with E-state index >= 15 is 0 Å². The molecule has 0 aliphatic carbocycles. The third-order valence-electron chi connectivity index (χ3n) is 2.79. The van der Waals surface area contributed by atoms with Crippen LogP contribution in [-0.2, 0) is 21.0 Å². The van der Waals surface area contributed by atoms with Gasteiger partial charge < -0.3 is 14.7 Å². The summed E-state index contributed by atoms with van der Waals surface area (Å²) < 4.78 is 5.12. The van der Waals surface area contributed by atoms with Gasteiger partial charge in [-0.05, 0) is 26.3 Å². The van der Waals surface area contributed by atoms with Gasteiger partial charge in [-0.2, -0.15) is 0 Å². The molecule has 0 atom stereocenters. The van der Waals surface area contributed by atoms with E-state index in [1.165, 1.54) is 5.38 Å². The van der Waals surface area contributed by atoms with Gasteiger partial charge in [0.1, 0.15) is 17.9 Å². The molecule has 0 radical (unpaired) electrons. The van der Waals surface area contributed by atoms with Crippen LogP contribution in [-0.4, -0.2) is 33.5 Å². The van der Waals surface area contributed by atoms with Crippen molar-refractivity contribution in [3.05, 3.63) is 47.0 Å². The van der Waals surface area contributed by atoms with Gasteiger partial charge >= 0.3 is 12.1 Å². The number of anilines is 1. The molecule has 1 aromatic carbocycles. The number of carbonyl (C=O) groups excluding carboxylic acids is 1. The molecule has 0 aliphatic rings. The molecule has 1 aromatic heterocycles. The first kappa shape index (κ1) is 19.4. The highest BCUT2D eigenvalue weighted by Gasteiger charge is 2.20. The highest BCUT2D eigenvalue weighted by atomic mass is 32.1. The molecule has 0 bridgehead atoms. The molecule has 2 rings (SSSR count). The van der Waals surface area contributed by atoms with Crippen LogP contribution in [0.5, 0.6) is 0 Å². The quantitative estimate of drug-likeness (QED) is 0.587. The minimum Gasteiger partial charge on any atom is -0.476 e. The summed E-state index contributed by atoms with van der Waals surface area (Å²) in [4.78, 5) is 32.3. The molecule has 8 nitrogen and oxygen atoms in total. The van der Waals surface area contributed by atoms with E-state index in [0.717, 1.165) is 16.9 Å². The van der Waals surface area contributed by atoms with Crippen molar-refractivity contribution in [1.82, 2.24) is 4.98 Å². The van der Waals surface area contributed by atoms with E-state index in [1.807, 2.05) is 30.3 Å². The average Bonchev–Trinajstić information content (AvgIpc) is 2.98. The van der Waals surface area contributed by atoms with Gasteiger partial charge in [-0.15, -0.1) is 11.3 Å². The van der Waals surface area contributed by atoms with Crippen molar-refractivity contribution in [2.45, 2.75) is 33.0 Å². The van der Waals surface area contributed by atoms with E-state index in [9.17, 15) is 14.7 Å². The molecule has 0 fully saturated rings. The maximum atomic E-state index is 11.7. The maximum absolute atomic E-state index is 11.7. The second kappa shape index (κ2) is 8.43. The monoisotopic (exact) mass is 379 g/mol. The molecular formula is C17H19N3O5S. The molecule has 0 spiro atoms. The van der Waals surface area contributed by atoms with Gasteiger partial charge in [-0.25, -0.2) is 14.6 Å². The van der Waals surface area contributed by atoms with E-state index < -0.39 is 17.7 Å². The number of aromatic nitrogens is 1. The lowest BCUT2D eigenvalue weighted by Gasteiger charge is -2.18. The standard InChI is InChI=1S/C17H19N3O5S/c1-17(2,3)25-16(23)19-15-18-12(10-26-15)13(14(21)22)20-24-9-11-7-5-4-6-8-11/h4-8,10H,9H2,1-3H3,(H,21,22)(H,18,19,23)/b20-13-/i15+2. The fourth-order valence-electron chi connectivity index (χ4n) is 1.77. The molecule has 0 aliphatic heterocycles. The predicted octanol–water partition coefficient (Wildman–Crippen LogP) is 3.50. The Hall–Kier alpha value is -2.94. The van der Waals surface area contributed by atoms with Crippen LogP contribution in [0.2, 0.25) is 0 Å². The largest absolute Gasteiger partial charge is 0.476 e. The van der Waals surface area contributed by atoms with Crippen molar-refractivity contribution < 1.29 is 24.3 Å². The Morgan fingerprint density at radius 3 is 2.62 bits per heavy atom. The van der Waals surface area contributed by atoms with Crippen LogP contribution in [0, 0.1) is 0 Å². The predicted molar refractivity (Wildman–Crippen MR) is 97.4 cm³/mol. The van der Waals surface area contributed by atoms with Crippen molar-refractivity contribution in [2.24, 2.45) is 5.16 Å². The molecule has 1 amide bonds. The normalized spacial score (nSPS) is 11.7. The number of nitrogens with zero attached hydrogens (tertiary/aromatic N) is 2.